The summed E-state index contributed by atoms with van der Waals surface area (Å²) in [7, 11) is 0. The monoisotopic (exact) mass is 132 g/mol. The summed E-state index contributed by atoms with van der Waals surface area (Å²) in [6, 6.07) is 0. The van der Waals surface area contributed by atoms with Gasteiger partial charge in [0.1, 0.15) is 0 Å². The Labute approximate surface area is 56.2 Å². The van der Waals surface area contributed by atoms with Crippen LogP contribution in [0.3, 0.4) is 0 Å². The smallest absolute Gasteiger partial charge is 0.0636 e. The molecule has 56 valence electrons. The van der Waals surface area contributed by atoms with E-state index in [2.05, 4.69) is 5.32 Å². The predicted octanol–water partition coefficient (Wildman–Crippen LogP) is -0.694. The molecule has 0 aromatic heterocycles. The highest BCUT2D eigenvalue weighted by Crippen LogP contribution is 1.75. The average molecular weight is 132 g/mol. The molecule has 0 aliphatic rings. The van der Waals surface area contributed by atoms with Crippen molar-refractivity contribution in [3.63, 3.8) is 0 Å². The summed E-state index contributed by atoms with van der Waals surface area (Å²) in [5.74, 6) is 0. The zero-order valence-corrected chi connectivity index (χ0v) is 5.93. The molecule has 0 aromatic carbocycles. The molecule has 3 heteroatoms. The van der Waals surface area contributed by atoms with Crippen LogP contribution in [0.15, 0.2) is 0 Å². The van der Waals surface area contributed by atoms with Crippen molar-refractivity contribution in [1.29, 1.82) is 0 Å². The van der Waals surface area contributed by atoms with Gasteiger partial charge in [0.15, 0.2) is 0 Å². The summed E-state index contributed by atoms with van der Waals surface area (Å²) in [5, 5.41) is 11.8. The van der Waals surface area contributed by atoms with E-state index in [4.69, 9.17) is 10.8 Å². The maximum Gasteiger partial charge on any atom is 0.0636 e. The van der Waals surface area contributed by atoms with E-state index in [0.29, 0.717) is 13.1 Å². The van der Waals surface area contributed by atoms with Gasteiger partial charge in [-0.1, -0.05) is 0 Å². The SMILES string of the molecule is CC(O)CNCCCN. The maximum atomic E-state index is 8.76. The van der Waals surface area contributed by atoms with Gasteiger partial charge in [0, 0.05) is 6.54 Å². The minimum atomic E-state index is -0.247. The Hall–Kier alpha value is -0.120. The zero-order valence-electron chi connectivity index (χ0n) is 5.93. The van der Waals surface area contributed by atoms with Crippen molar-refractivity contribution in [3.8, 4) is 0 Å². The molecule has 0 amide bonds. The molecule has 0 radical (unpaired) electrons. The van der Waals surface area contributed by atoms with Gasteiger partial charge < -0.3 is 16.2 Å². The highest BCUT2D eigenvalue weighted by atomic mass is 16.3. The van der Waals surface area contributed by atoms with Gasteiger partial charge in [-0.05, 0) is 26.4 Å². The highest BCUT2D eigenvalue weighted by molar-refractivity contribution is 4.52. The van der Waals surface area contributed by atoms with Gasteiger partial charge in [0.25, 0.3) is 0 Å². The molecule has 0 bridgehead atoms. The minimum absolute atomic E-state index is 0.247. The van der Waals surface area contributed by atoms with E-state index >= 15 is 0 Å². The number of nitrogens with one attached hydrogen (secondary N) is 1. The largest absolute Gasteiger partial charge is 0.392 e. The van der Waals surface area contributed by atoms with Gasteiger partial charge in [-0.3, -0.25) is 0 Å². The van der Waals surface area contributed by atoms with Crippen molar-refractivity contribution >= 4 is 0 Å². The fourth-order valence-corrected chi connectivity index (χ4v) is 0.538. The van der Waals surface area contributed by atoms with Gasteiger partial charge in [-0.2, -0.15) is 0 Å². The van der Waals surface area contributed by atoms with Crippen molar-refractivity contribution in [1.82, 2.24) is 5.32 Å². The number of hydrogen-bond acceptors (Lipinski definition) is 3. The Kier molecular flexibility index (Phi) is 5.93. The van der Waals surface area contributed by atoms with Crippen molar-refractivity contribution in [2.75, 3.05) is 19.6 Å². The summed E-state index contributed by atoms with van der Waals surface area (Å²) in [5.41, 5.74) is 5.24. The lowest BCUT2D eigenvalue weighted by molar-refractivity contribution is 0.191. The molecule has 0 fully saturated rings. The molecule has 0 heterocycles. The number of aliphatic hydroxyl groups excluding tert-OH is 1. The first kappa shape index (κ1) is 8.88. The van der Waals surface area contributed by atoms with Crippen LogP contribution in [0.1, 0.15) is 13.3 Å². The molecule has 9 heavy (non-hydrogen) atoms. The van der Waals surface area contributed by atoms with E-state index in [9.17, 15) is 0 Å². The lowest BCUT2D eigenvalue weighted by Crippen LogP contribution is -2.26. The Morgan fingerprint density at radius 1 is 1.67 bits per heavy atom. The maximum absolute atomic E-state index is 8.76. The summed E-state index contributed by atoms with van der Waals surface area (Å²) in [6.07, 6.45) is 0.731. The predicted molar refractivity (Wildman–Crippen MR) is 38.2 cm³/mol. The molecule has 1 atom stereocenters. The Balaban J connectivity index is 2.75. The van der Waals surface area contributed by atoms with Crippen molar-refractivity contribution in [2.45, 2.75) is 19.4 Å². The molecule has 0 spiro atoms. The van der Waals surface area contributed by atoms with Gasteiger partial charge in [-0.15, -0.1) is 0 Å². The summed E-state index contributed by atoms with van der Waals surface area (Å²) >= 11 is 0. The lowest BCUT2D eigenvalue weighted by atomic mass is 10.4. The number of aliphatic hydroxyl groups is 1. The quantitative estimate of drug-likeness (QED) is 0.434. The molecule has 0 saturated carbocycles. The minimum Gasteiger partial charge on any atom is -0.392 e. The van der Waals surface area contributed by atoms with Crippen LogP contribution in [-0.4, -0.2) is 30.8 Å². The van der Waals surface area contributed by atoms with Crippen LogP contribution in [0, 0.1) is 0 Å². The molecule has 3 nitrogen and oxygen atoms in total. The van der Waals surface area contributed by atoms with E-state index in [1.807, 2.05) is 0 Å². The Morgan fingerprint density at radius 2 is 2.33 bits per heavy atom. The zero-order chi connectivity index (χ0) is 7.11. The molecular formula is C6H16N2O. The number of nitrogens with two attached hydrogens (primary N) is 1. The third-order valence-electron chi connectivity index (χ3n) is 0.997. The molecule has 0 aliphatic carbocycles. The summed E-state index contributed by atoms with van der Waals surface area (Å²) in [4.78, 5) is 0. The van der Waals surface area contributed by atoms with Gasteiger partial charge in [0.2, 0.25) is 0 Å². The molecule has 1 unspecified atom stereocenters. The standard InChI is InChI=1S/C6H16N2O/c1-6(9)5-8-4-2-3-7/h6,8-9H,2-5,7H2,1H3. The van der Waals surface area contributed by atoms with Crippen molar-refractivity contribution in [3.05, 3.63) is 0 Å². The van der Waals surface area contributed by atoms with E-state index in [1.165, 1.54) is 0 Å². The van der Waals surface area contributed by atoms with Gasteiger partial charge in [-0.25, -0.2) is 0 Å². The number of rotatable bonds is 5. The topological polar surface area (TPSA) is 58.3 Å². The van der Waals surface area contributed by atoms with E-state index in [0.717, 1.165) is 13.0 Å². The molecule has 0 saturated heterocycles. The fraction of sp³-hybridized carbons (Fsp3) is 1.00. The van der Waals surface area contributed by atoms with Crippen LogP contribution in [-0.2, 0) is 0 Å². The number of hydrogen-bond donors (Lipinski definition) is 3. The van der Waals surface area contributed by atoms with E-state index in [1.54, 1.807) is 6.92 Å². The molecule has 0 aromatic rings. The van der Waals surface area contributed by atoms with Crippen LogP contribution in [0.25, 0.3) is 0 Å². The molecule has 0 rings (SSSR count). The van der Waals surface area contributed by atoms with Crippen molar-refractivity contribution < 1.29 is 5.11 Å². The van der Waals surface area contributed by atoms with Crippen LogP contribution in [0.2, 0.25) is 0 Å². The highest BCUT2D eigenvalue weighted by Gasteiger charge is 1.91. The fourth-order valence-electron chi connectivity index (χ4n) is 0.538. The van der Waals surface area contributed by atoms with Crippen LogP contribution >= 0.6 is 0 Å². The van der Waals surface area contributed by atoms with Crippen LogP contribution in [0.5, 0.6) is 0 Å². The second kappa shape index (κ2) is 6.01. The first-order valence-corrected chi connectivity index (χ1v) is 3.36. The summed E-state index contributed by atoms with van der Waals surface area (Å²) in [6.45, 7) is 4.05. The van der Waals surface area contributed by atoms with Crippen LogP contribution < -0.4 is 11.1 Å². The first-order valence-electron chi connectivity index (χ1n) is 3.36. The van der Waals surface area contributed by atoms with E-state index < -0.39 is 0 Å². The van der Waals surface area contributed by atoms with Crippen molar-refractivity contribution in [2.24, 2.45) is 5.73 Å². The summed E-state index contributed by atoms with van der Waals surface area (Å²) < 4.78 is 0. The molecule has 4 N–H and O–H groups in total. The average Bonchev–Trinajstić information content (AvgIpc) is 1.80. The Morgan fingerprint density at radius 3 is 2.78 bits per heavy atom. The first-order chi connectivity index (χ1) is 4.27. The van der Waals surface area contributed by atoms with E-state index in [-0.39, 0.29) is 6.10 Å². The third kappa shape index (κ3) is 7.88. The second-order valence-corrected chi connectivity index (χ2v) is 2.20. The Bertz CT molecular complexity index is 57.0. The lowest BCUT2D eigenvalue weighted by Gasteiger charge is -2.04. The molecule has 0 aliphatic heterocycles. The second-order valence-electron chi connectivity index (χ2n) is 2.20. The normalized spacial score (nSPS) is 13.7. The van der Waals surface area contributed by atoms with Gasteiger partial charge >= 0.3 is 0 Å². The van der Waals surface area contributed by atoms with Gasteiger partial charge in [0.05, 0.1) is 6.10 Å². The third-order valence-corrected chi connectivity index (χ3v) is 0.997. The van der Waals surface area contributed by atoms with Crippen LogP contribution in [0.4, 0.5) is 0 Å². The molecular weight excluding hydrogens is 116 g/mol.